The van der Waals surface area contributed by atoms with Gasteiger partial charge in [-0.3, -0.25) is 0 Å². The van der Waals surface area contributed by atoms with Gasteiger partial charge in [-0.1, -0.05) is 11.6 Å². The average molecular weight is 237 g/mol. The molecular weight excluding hydrogens is 218 g/mol. The second-order valence-corrected chi connectivity index (χ2v) is 5.18. The molecule has 94 valence electrons. The first-order chi connectivity index (χ1) is 8.33. The molecule has 3 unspecified atom stereocenters. The molecule has 1 saturated heterocycles. The second-order valence-electron chi connectivity index (χ2n) is 5.18. The molecule has 0 spiro atoms. The van der Waals surface area contributed by atoms with Gasteiger partial charge in [0.05, 0.1) is 5.92 Å². The Morgan fingerprint density at radius 1 is 1.29 bits per heavy atom. The van der Waals surface area contributed by atoms with Crippen molar-refractivity contribution in [3.05, 3.63) is 11.7 Å². The van der Waals surface area contributed by atoms with Crippen LogP contribution in [0.1, 0.15) is 43.3 Å². The summed E-state index contributed by atoms with van der Waals surface area (Å²) in [5, 5.41) is 4.06. The van der Waals surface area contributed by atoms with E-state index in [0.717, 1.165) is 50.6 Å². The van der Waals surface area contributed by atoms with Gasteiger partial charge in [-0.25, -0.2) is 0 Å². The predicted molar refractivity (Wildman–Crippen MR) is 61.5 cm³/mol. The molecule has 1 saturated carbocycles. The molecule has 0 aromatic carbocycles. The summed E-state index contributed by atoms with van der Waals surface area (Å²) in [4.78, 5) is 4.49. The molecule has 1 aliphatic heterocycles. The molecule has 1 aliphatic carbocycles. The Morgan fingerprint density at radius 3 is 2.94 bits per heavy atom. The Labute approximate surface area is 101 Å². The standard InChI is InChI=1S/C12H19N3O2/c13-10-3-1-2-9(10)12-14-11(15-17-12)6-8-4-5-16-7-8/h8-10H,1-7,13H2. The number of nitrogens with two attached hydrogens (primary N) is 1. The van der Waals surface area contributed by atoms with Crippen LogP contribution in [0.2, 0.25) is 0 Å². The third kappa shape index (κ3) is 2.35. The largest absolute Gasteiger partial charge is 0.381 e. The van der Waals surface area contributed by atoms with Crippen molar-refractivity contribution in [1.82, 2.24) is 10.1 Å². The first-order valence-corrected chi connectivity index (χ1v) is 6.49. The van der Waals surface area contributed by atoms with Crippen LogP contribution in [0.5, 0.6) is 0 Å². The molecule has 3 rings (SSSR count). The van der Waals surface area contributed by atoms with Crippen molar-refractivity contribution < 1.29 is 9.26 Å². The number of nitrogens with zero attached hydrogens (tertiary/aromatic N) is 2. The molecule has 2 aliphatic rings. The Bertz CT molecular complexity index is 374. The van der Waals surface area contributed by atoms with E-state index < -0.39 is 0 Å². The minimum atomic E-state index is 0.193. The highest BCUT2D eigenvalue weighted by Gasteiger charge is 2.30. The lowest BCUT2D eigenvalue weighted by molar-refractivity contribution is 0.185. The van der Waals surface area contributed by atoms with E-state index in [2.05, 4.69) is 10.1 Å². The van der Waals surface area contributed by atoms with Gasteiger partial charge in [0.1, 0.15) is 0 Å². The fraction of sp³-hybridized carbons (Fsp3) is 0.833. The van der Waals surface area contributed by atoms with Crippen LogP contribution in [0, 0.1) is 5.92 Å². The maximum Gasteiger partial charge on any atom is 0.231 e. The second kappa shape index (κ2) is 4.74. The quantitative estimate of drug-likeness (QED) is 0.856. The van der Waals surface area contributed by atoms with E-state index in [-0.39, 0.29) is 12.0 Å². The third-order valence-corrected chi connectivity index (χ3v) is 3.87. The highest BCUT2D eigenvalue weighted by Crippen LogP contribution is 2.32. The topological polar surface area (TPSA) is 74.2 Å². The van der Waals surface area contributed by atoms with Crippen molar-refractivity contribution in [1.29, 1.82) is 0 Å². The molecule has 0 radical (unpaired) electrons. The smallest absolute Gasteiger partial charge is 0.231 e. The molecule has 1 aromatic heterocycles. The molecule has 5 heteroatoms. The fourth-order valence-corrected chi connectivity index (χ4v) is 2.80. The van der Waals surface area contributed by atoms with Gasteiger partial charge in [-0.05, 0) is 25.2 Å². The molecule has 2 fully saturated rings. The molecule has 0 amide bonds. The normalized spacial score (nSPS) is 33.4. The molecule has 1 aromatic rings. The zero-order chi connectivity index (χ0) is 11.7. The molecule has 3 atom stereocenters. The number of hydrogen-bond acceptors (Lipinski definition) is 5. The first-order valence-electron chi connectivity index (χ1n) is 6.49. The minimum absolute atomic E-state index is 0.193. The lowest BCUT2D eigenvalue weighted by Crippen LogP contribution is -2.22. The van der Waals surface area contributed by atoms with E-state index in [1.54, 1.807) is 0 Å². The lowest BCUT2D eigenvalue weighted by atomic mass is 10.0. The van der Waals surface area contributed by atoms with Crippen LogP contribution in [0.15, 0.2) is 4.52 Å². The van der Waals surface area contributed by atoms with Crippen molar-refractivity contribution in [3.8, 4) is 0 Å². The third-order valence-electron chi connectivity index (χ3n) is 3.87. The maximum atomic E-state index is 6.04. The first kappa shape index (κ1) is 11.2. The van der Waals surface area contributed by atoms with Crippen molar-refractivity contribution >= 4 is 0 Å². The number of aromatic nitrogens is 2. The Morgan fingerprint density at radius 2 is 2.24 bits per heavy atom. The minimum Gasteiger partial charge on any atom is -0.381 e. The zero-order valence-corrected chi connectivity index (χ0v) is 9.97. The van der Waals surface area contributed by atoms with E-state index in [1.165, 1.54) is 6.42 Å². The van der Waals surface area contributed by atoms with Gasteiger partial charge in [0.15, 0.2) is 5.82 Å². The van der Waals surface area contributed by atoms with Gasteiger partial charge < -0.3 is 15.0 Å². The van der Waals surface area contributed by atoms with E-state index in [9.17, 15) is 0 Å². The summed E-state index contributed by atoms with van der Waals surface area (Å²) >= 11 is 0. The number of hydrogen-bond donors (Lipinski definition) is 1. The molecule has 2 heterocycles. The van der Waals surface area contributed by atoms with E-state index in [4.69, 9.17) is 15.0 Å². The SMILES string of the molecule is NC1CCCC1c1nc(CC2CCOC2)no1. The van der Waals surface area contributed by atoms with E-state index in [1.807, 2.05) is 0 Å². The van der Waals surface area contributed by atoms with Crippen molar-refractivity contribution in [2.24, 2.45) is 11.7 Å². The van der Waals surface area contributed by atoms with Crippen LogP contribution in [0.4, 0.5) is 0 Å². The van der Waals surface area contributed by atoms with Gasteiger partial charge in [-0.2, -0.15) is 4.98 Å². The molecule has 0 bridgehead atoms. The lowest BCUT2D eigenvalue weighted by Gasteiger charge is -2.08. The molecule has 5 nitrogen and oxygen atoms in total. The summed E-state index contributed by atoms with van der Waals surface area (Å²) in [6.45, 7) is 1.69. The number of rotatable bonds is 3. The van der Waals surface area contributed by atoms with Crippen LogP contribution >= 0.6 is 0 Å². The van der Waals surface area contributed by atoms with Gasteiger partial charge in [0.25, 0.3) is 0 Å². The van der Waals surface area contributed by atoms with Crippen molar-refractivity contribution in [2.75, 3.05) is 13.2 Å². The van der Waals surface area contributed by atoms with E-state index in [0.29, 0.717) is 5.92 Å². The maximum absolute atomic E-state index is 6.04. The van der Waals surface area contributed by atoms with Gasteiger partial charge in [0.2, 0.25) is 5.89 Å². The zero-order valence-electron chi connectivity index (χ0n) is 9.97. The highest BCUT2D eigenvalue weighted by atomic mass is 16.5. The van der Waals surface area contributed by atoms with Crippen LogP contribution in [0.25, 0.3) is 0 Å². The monoisotopic (exact) mass is 237 g/mol. The van der Waals surface area contributed by atoms with Crippen molar-refractivity contribution in [2.45, 2.75) is 44.1 Å². The summed E-state index contributed by atoms with van der Waals surface area (Å²) in [5.74, 6) is 2.38. The van der Waals surface area contributed by atoms with Gasteiger partial charge in [-0.15, -0.1) is 0 Å². The Hall–Kier alpha value is -0.940. The fourth-order valence-electron chi connectivity index (χ4n) is 2.80. The summed E-state index contributed by atoms with van der Waals surface area (Å²) in [7, 11) is 0. The Balaban J connectivity index is 1.65. The summed E-state index contributed by atoms with van der Waals surface area (Å²) in [6, 6.07) is 0.193. The average Bonchev–Trinajstić information content (AvgIpc) is 3.00. The summed E-state index contributed by atoms with van der Waals surface area (Å²) in [6.07, 6.45) is 5.28. The van der Waals surface area contributed by atoms with Crippen LogP contribution in [-0.4, -0.2) is 29.4 Å². The molecule has 17 heavy (non-hydrogen) atoms. The molecule has 2 N–H and O–H groups in total. The predicted octanol–water partition coefficient (Wildman–Crippen LogP) is 1.24. The van der Waals surface area contributed by atoms with Crippen LogP contribution < -0.4 is 5.73 Å². The number of ether oxygens (including phenoxy) is 1. The molecular formula is C12H19N3O2. The van der Waals surface area contributed by atoms with Crippen molar-refractivity contribution in [3.63, 3.8) is 0 Å². The summed E-state index contributed by atoms with van der Waals surface area (Å²) in [5.41, 5.74) is 6.04. The van der Waals surface area contributed by atoms with Crippen LogP contribution in [-0.2, 0) is 11.2 Å². The van der Waals surface area contributed by atoms with Gasteiger partial charge in [0, 0.05) is 25.7 Å². The Kier molecular flexibility index (Phi) is 3.11. The van der Waals surface area contributed by atoms with Gasteiger partial charge >= 0.3 is 0 Å². The summed E-state index contributed by atoms with van der Waals surface area (Å²) < 4.78 is 10.7. The van der Waals surface area contributed by atoms with E-state index >= 15 is 0 Å². The highest BCUT2D eigenvalue weighted by molar-refractivity contribution is 5.02. The van der Waals surface area contributed by atoms with Crippen LogP contribution in [0.3, 0.4) is 0 Å².